The van der Waals surface area contributed by atoms with Crippen molar-refractivity contribution in [1.29, 1.82) is 0 Å². The molecular weight excluding hydrogens is 306 g/mol. The highest BCUT2D eigenvalue weighted by atomic mass is 79.9. The van der Waals surface area contributed by atoms with Gasteiger partial charge >= 0.3 is 11.9 Å². The van der Waals surface area contributed by atoms with E-state index in [0.717, 1.165) is 0 Å². The fourth-order valence-electron chi connectivity index (χ4n) is 1.47. The number of aromatic hydroxyl groups is 1. The van der Waals surface area contributed by atoms with Gasteiger partial charge in [-0.1, -0.05) is 15.9 Å². The molecule has 0 bridgehead atoms. The highest BCUT2D eigenvalue weighted by Gasteiger charge is 2.22. The third-order valence-electron chi connectivity index (χ3n) is 2.38. The lowest BCUT2D eigenvalue weighted by Gasteiger charge is -2.15. The topological polar surface area (TPSA) is 110 Å². The minimum absolute atomic E-state index is 0.161. The molecule has 0 saturated heterocycles. The van der Waals surface area contributed by atoms with E-state index in [2.05, 4.69) is 20.7 Å². The number of benzene rings is 1. The van der Waals surface area contributed by atoms with Gasteiger partial charge in [-0.05, 0) is 12.1 Å². The zero-order valence-corrected chi connectivity index (χ0v) is 11.1. The Kier molecular flexibility index (Phi) is 4.69. The van der Waals surface area contributed by atoms with E-state index in [1.165, 1.54) is 19.2 Å². The van der Waals surface area contributed by atoms with Crippen LogP contribution in [-0.2, 0) is 9.53 Å². The van der Waals surface area contributed by atoms with Gasteiger partial charge in [-0.25, -0.2) is 4.79 Å². The monoisotopic (exact) mass is 317 g/mol. The average Bonchev–Trinajstić information content (AvgIpc) is 2.28. The van der Waals surface area contributed by atoms with Gasteiger partial charge in [0.25, 0.3) is 0 Å². The number of ether oxygens (including phenoxy) is 1. The second kappa shape index (κ2) is 5.83. The van der Waals surface area contributed by atoms with Crippen molar-refractivity contribution in [2.24, 2.45) is 5.73 Å². The van der Waals surface area contributed by atoms with E-state index in [-0.39, 0.29) is 17.5 Å². The fourth-order valence-corrected chi connectivity index (χ4v) is 2.09. The number of methoxy groups -OCH3 is 1. The fraction of sp³-hybridized carbons (Fsp3) is 0.273. The first-order chi connectivity index (χ1) is 8.38. The lowest BCUT2D eigenvalue weighted by molar-refractivity contribution is -0.141. The molecule has 1 rings (SSSR count). The van der Waals surface area contributed by atoms with Crippen LogP contribution in [0.1, 0.15) is 28.4 Å². The van der Waals surface area contributed by atoms with Crippen LogP contribution in [0.2, 0.25) is 0 Å². The number of carbonyl (C=O) groups is 2. The Balaban J connectivity index is 3.18. The molecule has 98 valence electrons. The van der Waals surface area contributed by atoms with Crippen LogP contribution in [0.15, 0.2) is 16.6 Å². The number of rotatable bonds is 4. The van der Waals surface area contributed by atoms with Crippen molar-refractivity contribution in [3.05, 3.63) is 27.7 Å². The lowest BCUT2D eigenvalue weighted by atomic mass is 10.0. The van der Waals surface area contributed by atoms with Crippen molar-refractivity contribution in [2.75, 3.05) is 7.11 Å². The van der Waals surface area contributed by atoms with E-state index < -0.39 is 23.7 Å². The van der Waals surface area contributed by atoms with Crippen molar-refractivity contribution in [3.63, 3.8) is 0 Å². The maximum atomic E-state index is 11.1. The zero-order chi connectivity index (χ0) is 13.9. The van der Waals surface area contributed by atoms with Crippen LogP contribution in [0.4, 0.5) is 0 Å². The molecular formula is C11H12BrNO5. The van der Waals surface area contributed by atoms with E-state index in [1.54, 1.807) is 0 Å². The molecule has 0 fully saturated rings. The van der Waals surface area contributed by atoms with E-state index >= 15 is 0 Å². The van der Waals surface area contributed by atoms with Crippen LogP contribution in [0.25, 0.3) is 0 Å². The summed E-state index contributed by atoms with van der Waals surface area (Å²) in [7, 11) is 1.22. The molecule has 7 heteroatoms. The Morgan fingerprint density at radius 3 is 2.61 bits per heavy atom. The van der Waals surface area contributed by atoms with Crippen molar-refractivity contribution in [3.8, 4) is 5.75 Å². The van der Waals surface area contributed by atoms with Gasteiger partial charge in [-0.2, -0.15) is 0 Å². The molecule has 0 heterocycles. The Morgan fingerprint density at radius 2 is 2.11 bits per heavy atom. The SMILES string of the molecule is COC(=O)C[C@@H](N)c1c(Br)ccc(C(=O)O)c1O. The van der Waals surface area contributed by atoms with Crippen molar-refractivity contribution >= 4 is 27.9 Å². The molecule has 0 saturated carbocycles. The number of carboxylic acid groups (broad SMARTS) is 1. The molecule has 6 nitrogen and oxygen atoms in total. The summed E-state index contributed by atoms with van der Waals surface area (Å²) in [4.78, 5) is 22.0. The quantitative estimate of drug-likeness (QED) is 0.724. The Labute approximate surface area is 111 Å². The number of carboxylic acids is 1. The molecule has 0 spiro atoms. The highest BCUT2D eigenvalue weighted by Crippen LogP contribution is 2.35. The smallest absolute Gasteiger partial charge is 0.339 e. The van der Waals surface area contributed by atoms with E-state index in [9.17, 15) is 14.7 Å². The summed E-state index contributed by atoms with van der Waals surface area (Å²) >= 11 is 3.16. The van der Waals surface area contributed by atoms with Gasteiger partial charge in [0.1, 0.15) is 11.3 Å². The first kappa shape index (κ1) is 14.5. The second-order valence-corrected chi connectivity index (χ2v) is 4.40. The Hall–Kier alpha value is -1.60. The number of aromatic carboxylic acids is 1. The summed E-state index contributed by atoms with van der Waals surface area (Å²) in [5, 5.41) is 18.7. The maximum Gasteiger partial charge on any atom is 0.339 e. The summed E-state index contributed by atoms with van der Waals surface area (Å²) < 4.78 is 4.90. The Morgan fingerprint density at radius 1 is 1.50 bits per heavy atom. The van der Waals surface area contributed by atoms with Crippen molar-refractivity contribution in [2.45, 2.75) is 12.5 Å². The molecule has 1 atom stereocenters. The first-order valence-corrected chi connectivity index (χ1v) is 5.74. The highest BCUT2D eigenvalue weighted by molar-refractivity contribution is 9.10. The minimum atomic E-state index is -1.27. The summed E-state index contributed by atoms with van der Waals surface area (Å²) in [5.74, 6) is -2.27. The number of phenols is 1. The molecule has 1 aromatic rings. The molecule has 0 aliphatic carbocycles. The third-order valence-corrected chi connectivity index (χ3v) is 3.07. The molecule has 0 aromatic heterocycles. The van der Waals surface area contributed by atoms with E-state index in [0.29, 0.717) is 4.47 Å². The van der Waals surface area contributed by atoms with Crippen LogP contribution >= 0.6 is 15.9 Å². The number of nitrogens with two attached hydrogens (primary N) is 1. The summed E-state index contributed by atoms with van der Waals surface area (Å²) in [5.41, 5.74) is 5.66. The van der Waals surface area contributed by atoms with Gasteiger partial charge in [-0.3, -0.25) is 4.79 Å². The summed E-state index contributed by atoms with van der Waals surface area (Å²) in [6.07, 6.45) is -0.161. The maximum absolute atomic E-state index is 11.1. The second-order valence-electron chi connectivity index (χ2n) is 3.55. The van der Waals surface area contributed by atoms with Crippen LogP contribution in [0, 0.1) is 0 Å². The van der Waals surface area contributed by atoms with Gasteiger partial charge in [0.15, 0.2) is 0 Å². The standard InChI is InChI=1S/C11H12BrNO5/c1-18-8(14)4-7(13)9-6(12)3-2-5(10(9)15)11(16)17/h2-3,7,15H,4,13H2,1H3,(H,16,17)/t7-/m1/s1. The largest absolute Gasteiger partial charge is 0.507 e. The predicted molar refractivity (Wildman–Crippen MR) is 66.3 cm³/mol. The summed E-state index contributed by atoms with van der Waals surface area (Å²) in [6.45, 7) is 0. The van der Waals surface area contributed by atoms with Gasteiger partial charge in [-0.15, -0.1) is 0 Å². The Bertz CT molecular complexity index is 489. The van der Waals surface area contributed by atoms with Crippen molar-refractivity contribution in [1.82, 2.24) is 0 Å². The van der Waals surface area contributed by atoms with Gasteiger partial charge in [0.2, 0.25) is 0 Å². The van der Waals surface area contributed by atoms with Gasteiger partial charge in [0.05, 0.1) is 13.5 Å². The molecule has 0 aliphatic rings. The first-order valence-electron chi connectivity index (χ1n) is 4.95. The van der Waals surface area contributed by atoms with Crippen molar-refractivity contribution < 1.29 is 24.5 Å². The molecule has 0 aliphatic heterocycles. The van der Waals surface area contributed by atoms with Gasteiger partial charge < -0.3 is 20.7 Å². The van der Waals surface area contributed by atoms with E-state index in [1.807, 2.05) is 0 Å². The molecule has 1 aromatic carbocycles. The molecule has 0 amide bonds. The lowest BCUT2D eigenvalue weighted by Crippen LogP contribution is -2.17. The zero-order valence-electron chi connectivity index (χ0n) is 9.51. The third kappa shape index (κ3) is 2.99. The molecule has 0 radical (unpaired) electrons. The molecule has 0 unspecified atom stereocenters. The normalized spacial score (nSPS) is 11.9. The van der Waals surface area contributed by atoms with Crippen LogP contribution < -0.4 is 5.73 Å². The predicted octanol–water partition coefficient (Wildman–Crippen LogP) is 1.42. The number of halogens is 1. The van der Waals surface area contributed by atoms with Crippen LogP contribution in [-0.4, -0.2) is 29.3 Å². The number of carbonyl (C=O) groups excluding carboxylic acids is 1. The summed E-state index contributed by atoms with van der Waals surface area (Å²) in [6, 6.07) is 1.84. The van der Waals surface area contributed by atoms with E-state index in [4.69, 9.17) is 10.8 Å². The molecule has 4 N–H and O–H groups in total. The number of hydrogen-bond donors (Lipinski definition) is 3. The average molecular weight is 318 g/mol. The van der Waals surface area contributed by atoms with Crippen LogP contribution in [0.5, 0.6) is 5.75 Å². The number of hydrogen-bond acceptors (Lipinski definition) is 5. The number of esters is 1. The van der Waals surface area contributed by atoms with Crippen LogP contribution in [0.3, 0.4) is 0 Å². The molecule has 18 heavy (non-hydrogen) atoms. The minimum Gasteiger partial charge on any atom is -0.507 e. The van der Waals surface area contributed by atoms with Gasteiger partial charge in [0, 0.05) is 16.1 Å².